The number of hydrogen-bond acceptors (Lipinski definition) is 5. The van der Waals surface area contributed by atoms with Gasteiger partial charge in [-0.1, -0.05) is 18.2 Å². The van der Waals surface area contributed by atoms with Crippen LogP contribution in [0.25, 0.3) is 5.65 Å². The summed E-state index contributed by atoms with van der Waals surface area (Å²) in [6.07, 6.45) is 3.43. The monoisotopic (exact) mass is 547 g/mol. The number of pyridine rings is 1. The second-order valence-electron chi connectivity index (χ2n) is 7.18. The van der Waals surface area contributed by atoms with Gasteiger partial charge in [-0.25, -0.2) is 4.99 Å². The van der Waals surface area contributed by atoms with E-state index in [-0.39, 0.29) is 35.8 Å². The summed E-state index contributed by atoms with van der Waals surface area (Å²) in [4.78, 5) is 30.7. The molecule has 3 heterocycles. The quantitative estimate of drug-likeness (QED) is 0.148. The number of hydrogen-bond donors (Lipinski definition) is 2. The molecule has 0 aliphatic carbocycles. The van der Waals surface area contributed by atoms with Gasteiger partial charge in [0, 0.05) is 25.8 Å². The van der Waals surface area contributed by atoms with Gasteiger partial charge in [-0.3, -0.25) is 18.9 Å². The first kappa shape index (κ1) is 23.6. The van der Waals surface area contributed by atoms with E-state index in [4.69, 9.17) is 0 Å². The minimum atomic E-state index is -0.205. The molecule has 10 heteroatoms. The van der Waals surface area contributed by atoms with Crippen molar-refractivity contribution in [3.05, 3.63) is 65.6 Å². The maximum Gasteiger partial charge on any atom is 0.261 e. The third-order valence-corrected chi connectivity index (χ3v) is 5.09. The molecule has 2 amide bonds. The lowest BCUT2D eigenvalue weighted by Crippen LogP contribution is -2.38. The largest absolute Gasteiger partial charge is 0.357 e. The highest BCUT2D eigenvalue weighted by atomic mass is 127. The van der Waals surface area contributed by atoms with Crippen LogP contribution in [0.1, 0.15) is 46.3 Å². The van der Waals surface area contributed by atoms with E-state index in [1.165, 1.54) is 4.90 Å². The number of nitrogens with one attached hydrogen (secondary N) is 2. The molecule has 1 aliphatic rings. The zero-order valence-corrected chi connectivity index (χ0v) is 20.2. The molecule has 0 unspecified atom stereocenters. The summed E-state index contributed by atoms with van der Waals surface area (Å²) >= 11 is 0. The van der Waals surface area contributed by atoms with Gasteiger partial charge in [0.25, 0.3) is 11.8 Å². The standard InChI is InChI=1S/C22H25N7O2.HI/c1-2-23-22(25-15-19-27-26-18-11-5-7-13-28(18)19)24-12-6-8-14-29-20(30)16-9-3-4-10-17(16)21(29)31;/h3-5,7,9-11,13H,2,6,8,12,14-15H2,1H3,(H2,23,24,25);1H. The van der Waals surface area contributed by atoms with Crippen molar-refractivity contribution in [2.45, 2.75) is 26.3 Å². The van der Waals surface area contributed by atoms with E-state index in [1.807, 2.05) is 35.7 Å². The van der Waals surface area contributed by atoms with E-state index in [1.54, 1.807) is 24.3 Å². The van der Waals surface area contributed by atoms with Crippen LogP contribution in [0.4, 0.5) is 0 Å². The maximum atomic E-state index is 12.4. The molecule has 0 saturated carbocycles. The molecule has 9 nitrogen and oxygen atoms in total. The van der Waals surface area contributed by atoms with Crippen LogP contribution in [-0.2, 0) is 6.54 Å². The van der Waals surface area contributed by atoms with Crippen molar-refractivity contribution >= 4 is 47.4 Å². The minimum Gasteiger partial charge on any atom is -0.357 e. The summed E-state index contributed by atoms with van der Waals surface area (Å²) in [6, 6.07) is 12.7. The number of rotatable bonds is 8. The normalized spacial score (nSPS) is 13.3. The van der Waals surface area contributed by atoms with Gasteiger partial charge in [0.15, 0.2) is 17.4 Å². The van der Waals surface area contributed by atoms with Crippen molar-refractivity contribution in [2.75, 3.05) is 19.6 Å². The molecule has 0 spiro atoms. The van der Waals surface area contributed by atoms with Crippen LogP contribution in [0.3, 0.4) is 0 Å². The Morgan fingerprint density at radius 2 is 1.69 bits per heavy atom. The number of amides is 2. The fourth-order valence-electron chi connectivity index (χ4n) is 3.53. The molecule has 1 aromatic carbocycles. The summed E-state index contributed by atoms with van der Waals surface area (Å²) in [7, 11) is 0. The number of halogens is 1. The summed E-state index contributed by atoms with van der Waals surface area (Å²) in [5.74, 6) is 1.04. The molecule has 0 atom stereocenters. The van der Waals surface area contributed by atoms with Gasteiger partial charge in [0.2, 0.25) is 0 Å². The first-order valence-electron chi connectivity index (χ1n) is 10.4. The van der Waals surface area contributed by atoms with Crippen LogP contribution >= 0.6 is 24.0 Å². The van der Waals surface area contributed by atoms with E-state index in [2.05, 4.69) is 25.8 Å². The Balaban J connectivity index is 0.00000289. The number of nitrogens with zero attached hydrogens (tertiary/aromatic N) is 5. The van der Waals surface area contributed by atoms with E-state index in [0.717, 1.165) is 24.4 Å². The SMILES string of the molecule is CCNC(=NCc1nnc2ccccn12)NCCCCN1C(=O)c2ccccc2C1=O.I. The molecular weight excluding hydrogens is 521 g/mol. The molecule has 2 N–H and O–H groups in total. The van der Waals surface area contributed by atoms with Gasteiger partial charge in [-0.2, -0.15) is 0 Å². The lowest BCUT2D eigenvalue weighted by atomic mass is 10.1. The highest BCUT2D eigenvalue weighted by molar-refractivity contribution is 14.0. The first-order valence-corrected chi connectivity index (χ1v) is 10.4. The molecule has 4 rings (SSSR count). The first-order chi connectivity index (χ1) is 15.2. The Morgan fingerprint density at radius 3 is 2.41 bits per heavy atom. The number of unbranched alkanes of at least 4 members (excludes halogenated alkanes) is 1. The summed E-state index contributed by atoms with van der Waals surface area (Å²) in [5.41, 5.74) is 1.78. The van der Waals surface area contributed by atoms with Crippen LogP contribution in [0.15, 0.2) is 53.7 Å². The Kier molecular flexibility index (Phi) is 8.14. The number of aromatic nitrogens is 3. The Labute approximate surface area is 203 Å². The molecule has 0 radical (unpaired) electrons. The number of aliphatic imine (C=N–C) groups is 1. The van der Waals surface area contributed by atoms with Crippen LogP contribution in [0, 0.1) is 0 Å². The summed E-state index contributed by atoms with van der Waals surface area (Å²) in [5, 5.41) is 14.8. The van der Waals surface area contributed by atoms with Crippen molar-refractivity contribution in [2.24, 2.45) is 4.99 Å². The zero-order chi connectivity index (χ0) is 21.6. The molecule has 168 valence electrons. The lowest BCUT2D eigenvalue weighted by Gasteiger charge is -2.14. The van der Waals surface area contributed by atoms with Crippen molar-refractivity contribution < 1.29 is 9.59 Å². The van der Waals surface area contributed by atoms with Gasteiger partial charge in [0.05, 0.1) is 11.1 Å². The van der Waals surface area contributed by atoms with Gasteiger partial charge in [-0.15, -0.1) is 34.2 Å². The number of benzene rings is 1. The predicted molar refractivity (Wildman–Crippen MR) is 132 cm³/mol. The Hall–Kier alpha value is -3.02. The Morgan fingerprint density at radius 1 is 0.969 bits per heavy atom. The van der Waals surface area contributed by atoms with Crippen molar-refractivity contribution in [1.82, 2.24) is 30.1 Å². The molecule has 1 aliphatic heterocycles. The van der Waals surface area contributed by atoms with E-state index < -0.39 is 0 Å². The maximum absolute atomic E-state index is 12.4. The molecule has 2 aromatic heterocycles. The third kappa shape index (κ3) is 5.06. The third-order valence-electron chi connectivity index (χ3n) is 5.09. The molecule has 0 bridgehead atoms. The fraction of sp³-hybridized carbons (Fsp3) is 0.318. The number of carbonyl (C=O) groups is 2. The smallest absolute Gasteiger partial charge is 0.261 e. The number of carbonyl (C=O) groups excluding carboxylic acids is 2. The van der Waals surface area contributed by atoms with Crippen molar-refractivity contribution in [1.29, 1.82) is 0 Å². The van der Waals surface area contributed by atoms with Crippen LogP contribution in [0.5, 0.6) is 0 Å². The van der Waals surface area contributed by atoms with Crippen LogP contribution in [0.2, 0.25) is 0 Å². The second kappa shape index (κ2) is 11.0. The van der Waals surface area contributed by atoms with Crippen molar-refractivity contribution in [3.8, 4) is 0 Å². The van der Waals surface area contributed by atoms with E-state index in [9.17, 15) is 9.59 Å². The molecular formula is C22H26IN7O2. The molecule has 0 fully saturated rings. The topological polar surface area (TPSA) is 104 Å². The number of guanidine groups is 1. The minimum absolute atomic E-state index is 0. The highest BCUT2D eigenvalue weighted by Crippen LogP contribution is 2.22. The van der Waals surface area contributed by atoms with Crippen molar-refractivity contribution in [3.63, 3.8) is 0 Å². The number of fused-ring (bicyclic) bond motifs is 2. The van der Waals surface area contributed by atoms with Crippen LogP contribution < -0.4 is 10.6 Å². The molecule has 3 aromatic rings. The van der Waals surface area contributed by atoms with Gasteiger partial charge in [0.1, 0.15) is 6.54 Å². The van der Waals surface area contributed by atoms with E-state index >= 15 is 0 Å². The van der Waals surface area contributed by atoms with Gasteiger partial charge < -0.3 is 10.6 Å². The molecule has 32 heavy (non-hydrogen) atoms. The lowest BCUT2D eigenvalue weighted by molar-refractivity contribution is 0.0652. The second-order valence-corrected chi connectivity index (χ2v) is 7.18. The van der Waals surface area contributed by atoms with E-state index in [0.29, 0.717) is 43.1 Å². The average Bonchev–Trinajstić information content (AvgIpc) is 3.31. The number of imide groups is 1. The highest BCUT2D eigenvalue weighted by Gasteiger charge is 2.34. The van der Waals surface area contributed by atoms with Gasteiger partial charge >= 0.3 is 0 Å². The summed E-state index contributed by atoms with van der Waals surface area (Å²) in [6.45, 7) is 4.23. The Bertz CT molecular complexity index is 1090. The zero-order valence-electron chi connectivity index (χ0n) is 17.8. The average molecular weight is 547 g/mol. The predicted octanol–water partition coefficient (Wildman–Crippen LogP) is 2.48. The molecule has 0 saturated heterocycles. The fourth-order valence-corrected chi connectivity index (χ4v) is 3.53. The summed E-state index contributed by atoms with van der Waals surface area (Å²) < 4.78 is 1.91. The van der Waals surface area contributed by atoms with Crippen LogP contribution in [-0.4, -0.2) is 56.9 Å². The van der Waals surface area contributed by atoms with Gasteiger partial charge in [-0.05, 0) is 44.0 Å².